The highest BCUT2D eigenvalue weighted by Gasteiger charge is 2.51. The van der Waals surface area contributed by atoms with Gasteiger partial charge in [0.2, 0.25) is 0 Å². The number of pyridine rings is 1. The summed E-state index contributed by atoms with van der Waals surface area (Å²) in [4.78, 5) is 18.4. The van der Waals surface area contributed by atoms with Gasteiger partial charge >= 0.3 is 0 Å². The summed E-state index contributed by atoms with van der Waals surface area (Å²) in [5.41, 5.74) is 1.93. The van der Waals surface area contributed by atoms with Crippen LogP contribution in [0.5, 0.6) is 0 Å². The van der Waals surface area contributed by atoms with Crippen LogP contribution in [0.3, 0.4) is 0 Å². The molecule has 0 aromatic carbocycles. The fourth-order valence-electron chi connectivity index (χ4n) is 3.19. The summed E-state index contributed by atoms with van der Waals surface area (Å²) in [6.45, 7) is 2.31. The highest BCUT2D eigenvalue weighted by atomic mass is 32.2. The third-order valence-electron chi connectivity index (χ3n) is 4.40. The third kappa shape index (κ3) is 3.16. The maximum atomic E-state index is 12.3. The largest absolute Gasteiger partial charge is 0.373 e. The maximum absolute atomic E-state index is 12.3. The Kier molecular flexibility index (Phi) is 4.13. The minimum atomic E-state index is 0.164. The molecule has 0 bridgehead atoms. The van der Waals surface area contributed by atoms with E-state index in [1.807, 2.05) is 51.8 Å². The van der Waals surface area contributed by atoms with Crippen LogP contribution in [-0.4, -0.2) is 45.5 Å². The molecule has 2 saturated heterocycles. The Labute approximate surface area is 143 Å². The van der Waals surface area contributed by atoms with E-state index in [0.717, 1.165) is 36.4 Å². The van der Waals surface area contributed by atoms with Crippen LogP contribution in [0.2, 0.25) is 0 Å². The number of carbonyl (C=O) groups excluding carboxylic acids is 1. The summed E-state index contributed by atoms with van der Waals surface area (Å²) in [5.74, 6) is 1.18. The second-order valence-corrected chi connectivity index (χ2v) is 8.43. The quantitative estimate of drug-likeness (QED) is 0.853. The van der Waals surface area contributed by atoms with Gasteiger partial charge in [-0.1, -0.05) is 6.07 Å². The second-order valence-electron chi connectivity index (χ2n) is 6.17. The lowest BCUT2D eigenvalue weighted by Gasteiger charge is -2.47. The summed E-state index contributed by atoms with van der Waals surface area (Å²) >= 11 is 3.53. The molecule has 6 heteroatoms. The first-order valence-electron chi connectivity index (χ1n) is 7.70. The Balaban J connectivity index is 1.27. The minimum absolute atomic E-state index is 0.164. The molecule has 120 valence electrons. The van der Waals surface area contributed by atoms with Crippen LogP contribution in [0, 0.1) is 0 Å². The van der Waals surface area contributed by atoms with Crippen LogP contribution in [0.25, 0.3) is 0 Å². The van der Waals surface area contributed by atoms with Crippen LogP contribution in [0.4, 0.5) is 0 Å². The molecule has 4 nitrogen and oxygen atoms in total. The van der Waals surface area contributed by atoms with Gasteiger partial charge in [0.15, 0.2) is 0 Å². The first kappa shape index (κ1) is 15.2. The van der Waals surface area contributed by atoms with E-state index in [1.54, 1.807) is 17.5 Å². The minimum Gasteiger partial charge on any atom is -0.373 e. The summed E-state index contributed by atoms with van der Waals surface area (Å²) in [6, 6.07) is 5.87. The Morgan fingerprint density at radius 3 is 3.09 bits per heavy atom. The highest BCUT2D eigenvalue weighted by molar-refractivity contribution is 8.01. The number of nitrogens with zero attached hydrogens (tertiary/aromatic N) is 2. The number of thioether (sulfide) groups is 1. The predicted octanol–water partition coefficient (Wildman–Crippen LogP) is 3.06. The van der Waals surface area contributed by atoms with Crippen molar-refractivity contribution in [2.24, 2.45) is 0 Å². The van der Waals surface area contributed by atoms with Crippen molar-refractivity contribution in [1.29, 1.82) is 0 Å². The van der Waals surface area contributed by atoms with E-state index in [1.165, 1.54) is 0 Å². The molecule has 0 N–H and O–H groups in total. The van der Waals surface area contributed by atoms with Gasteiger partial charge < -0.3 is 9.64 Å². The third-order valence-corrected chi connectivity index (χ3v) is 6.66. The van der Waals surface area contributed by atoms with Gasteiger partial charge in [-0.2, -0.15) is 11.3 Å². The monoisotopic (exact) mass is 346 g/mol. The molecule has 23 heavy (non-hydrogen) atoms. The van der Waals surface area contributed by atoms with Crippen molar-refractivity contribution in [3.8, 4) is 0 Å². The molecule has 1 spiro atoms. The van der Waals surface area contributed by atoms with Crippen LogP contribution in [0.1, 0.15) is 22.3 Å². The predicted molar refractivity (Wildman–Crippen MR) is 92.8 cm³/mol. The van der Waals surface area contributed by atoms with Gasteiger partial charge in [0, 0.05) is 36.6 Å². The summed E-state index contributed by atoms with van der Waals surface area (Å²) < 4.78 is 6.24. The molecular formula is C17H18N2O2S2. The van der Waals surface area contributed by atoms with E-state index in [4.69, 9.17) is 4.74 Å². The van der Waals surface area contributed by atoms with Crippen LogP contribution < -0.4 is 0 Å². The van der Waals surface area contributed by atoms with E-state index >= 15 is 0 Å². The highest BCUT2D eigenvalue weighted by Crippen LogP contribution is 2.46. The van der Waals surface area contributed by atoms with Crippen LogP contribution in [-0.2, 0) is 11.3 Å². The van der Waals surface area contributed by atoms with Gasteiger partial charge in [-0.3, -0.25) is 9.78 Å². The van der Waals surface area contributed by atoms with Crippen molar-refractivity contribution < 1.29 is 9.53 Å². The SMILES string of the molecule is O=C(c1ccsc1)N1CC2(C[C@H](OCc3cccnc3)CS2)C1. The van der Waals surface area contributed by atoms with Gasteiger partial charge in [-0.05, 0) is 29.5 Å². The van der Waals surface area contributed by atoms with Crippen molar-refractivity contribution in [3.05, 3.63) is 52.5 Å². The number of hydrogen-bond donors (Lipinski definition) is 0. The first-order chi connectivity index (χ1) is 11.2. The number of likely N-dealkylation sites (tertiary alicyclic amines) is 1. The number of thiophene rings is 1. The number of ether oxygens (including phenoxy) is 1. The van der Waals surface area contributed by atoms with Gasteiger partial charge in [-0.15, -0.1) is 11.8 Å². The molecule has 0 aliphatic carbocycles. The fraction of sp³-hybridized carbons (Fsp3) is 0.412. The Bertz CT molecular complexity index is 669. The van der Waals surface area contributed by atoms with Crippen molar-refractivity contribution in [2.45, 2.75) is 23.9 Å². The van der Waals surface area contributed by atoms with Crippen molar-refractivity contribution in [3.63, 3.8) is 0 Å². The van der Waals surface area contributed by atoms with E-state index < -0.39 is 0 Å². The lowest BCUT2D eigenvalue weighted by Crippen LogP contribution is -2.60. The smallest absolute Gasteiger partial charge is 0.254 e. The zero-order valence-corrected chi connectivity index (χ0v) is 14.3. The molecule has 4 rings (SSSR count). The molecule has 2 aromatic rings. The summed E-state index contributed by atoms with van der Waals surface area (Å²) in [5, 5.41) is 3.88. The van der Waals surface area contributed by atoms with Crippen molar-refractivity contribution in [2.75, 3.05) is 18.8 Å². The number of amides is 1. The summed E-state index contributed by atoms with van der Waals surface area (Å²) in [6.07, 6.45) is 4.93. The molecule has 0 radical (unpaired) electrons. The van der Waals surface area contributed by atoms with Gasteiger partial charge in [0.05, 0.1) is 23.0 Å². The molecule has 2 aliphatic heterocycles. The molecule has 1 amide bonds. The average Bonchev–Trinajstić information content (AvgIpc) is 3.22. The lowest BCUT2D eigenvalue weighted by atomic mass is 9.92. The number of carbonyl (C=O) groups is 1. The Morgan fingerprint density at radius 1 is 1.43 bits per heavy atom. The molecule has 4 heterocycles. The molecular weight excluding hydrogens is 328 g/mol. The fourth-order valence-corrected chi connectivity index (χ4v) is 5.37. The van der Waals surface area contributed by atoms with Gasteiger partial charge in [-0.25, -0.2) is 0 Å². The maximum Gasteiger partial charge on any atom is 0.254 e. The van der Waals surface area contributed by atoms with Crippen molar-refractivity contribution >= 4 is 29.0 Å². The van der Waals surface area contributed by atoms with Gasteiger partial charge in [0.25, 0.3) is 5.91 Å². The van der Waals surface area contributed by atoms with Gasteiger partial charge in [0.1, 0.15) is 0 Å². The number of rotatable bonds is 4. The Hall–Kier alpha value is -1.37. The molecule has 2 aromatic heterocycles. The molecule has 1 atom stereocenters. The molecule has 2 fully saturated rings. The van der Waals surface area contributed by atoms with E-state index in [9.17, 15) is 4.79 Å². The zero-order valence-electron chi connectivity index (χ0n) is 12.7. The number of hydrogen-bond acceptors (Lipinski definition) is 5. The molecule has 0 unspecified atom stereocenters. The Morgan fingerprint density at radius 2 is 2.35 bits per heavy atom. The number of aromatic nitrogens is 1. The van der Waals surface area contributed by atoms with E-state index in [2.05, 4.69) is 4.98 Å². The molecule has 0 saturated carbocycles. The van der Waals surface area contributed by atoms with Crippen molar-refractivity contribution in [1.82, 2.24) is 9.88 Å². The average molecular weight is 346 g/mol. The lowest BCUT2D eigenvalue weighted by molar-refractivity contribution is 0.0255. The normalized spacial score (nSPS) is 22.3. The molecule has 2 aliphatic rings. The second kappa shape index (κ2) is 6.26. The van der Waals surface area contributed by atoms with E-state index in [-0.39, 0.29) is 16.8 Å². The summed E-state index contributed by atoms with van der Waals surface area (Å²) in [7, 11) is 0. The topological polar surface area (TPSA) is 42.4 Å². The van der Waals surface area contributed by atoms with E-state index in [0.29, 0.717) is 6.61 Å². The zero-order chi connectivity index (χ0) is 15.7. The van der Waals surface area contributed by atoms with Crippen LogP contribution in [0.15, 0.2) is 41.4 Å². The first-order valence-corrected chi connectivity index (χ1v) is 9.63. The standard InChI is InChI=1S/C17H18N2O2S2/c20-16(14-3-5-22-9-14)19-11-17(12-19)6-15(10-23-17)21-8-13-2-1-4-18-7-13/h1-5,7,9,15H,6,8,10-12H2/t15-/m0/s1. The van der Waals surface area contributed by atoms with Crippen LogP contribution >= 0.6 is 23.1 Å².